The van der Waals surface area contributed by atoms with Gasteiger partial charge in [-0.2, -0.15) is 0 Å². The van der Waals surface area contributed by atoms with Crippen LogP contribution in [0.2, 0.25) is 10.0 Å². The lowest BCUT2D eigenvalue weighted by Gasteiger charge is -2.44. The summed E-state index contributed by atoms with van der Waals surface area (Å²) >= 11 is 13.8. The summed E-state index contributed by atoms with van der Waals surface area (Å²) in [5.74, 6) is 0. The second kappa shape index (κ2) is 11.9. The summed E-state index contributed by atoms with van der Waals surface area (Å²) in [6.07, 6.45) is 0. The molecule has 0 unspecified atom stereocenters. The highest BCUT2D eigenvalue weighted by molar-refractivity contribution is 7.00. The Hall–Kier alpha value is -3.66. The Balaban J connectivity index is 1.58. The number of rotatable bonds is 2. The van der Waals surface area contributed by atoms with Crippen LogP contribution in [0.1, 0.15) is 105 Å². The smallest absolute Gasteiger partial charge is 0.252 e. The van der Waals surface area contributed by atoms with Gasteiger partial charge in [-0.25, -0.2) is 0 Å². The van der Waals surface area contributed by atoms with Crippen LogP contribution < -0.4 is 26.2 Å². The molecule has 2 heterocycles. The van der Waals surface area contributed by atoms with E-state index in [2.05, 4.69) is 172 Å². The van der Waals surface area contributed by atoms with Crippen molar-refractivity contribution in [2.45, 2.75) is 105 Å². The molecule has 262 valence electrons. The van der Waals surface area contributed by atoms with Gasteiger partial charge >= 0.3 is 0 Å². The van der Waals surface area contributed by atoms with Crippen LogP contribution in [0.15, 0.2) is 91.0 Å². The SMILES string of the molecule is CC(C)(C)c1cc(N2c3ccc(Cl)cc3B3c4cc(Cl)ccc4N(c4cc(C(C)(C)C)cc(C(C)(C)C)c4)c4cccc2c43)cc(C(C)(C)C)c1. The van der Waals surface area contributed by atoms with E-state index in [9.17, 15) is 0 Å². The zero-order valence-corrected chi connectivity index (χ0v) is 33.9. The minimum atomic E-state index is -0.0492. The van der Waals surface area contributed by atoms with Gasteiger partial charge in [0.15, 0.2) is 0 Å². The predicted octanol–water partition coefficient (Wildman–Crippen LogP) is 12.3. The molecule has 0 fully saturated rings. The van der Waals surface area contributed by atoms with Gasteiger partial charge in [-0.05, 0) is 133 Å². The van der Waals surface area contributed by atoms with Crippen LogP contribution in [0.5, 0.6) is 0 Å². The van der Waals surface area contributed by atoms with Crippen LogP contribution in [0, 0.1) is 0 Å². The van der Waals surface area contributed by atoms with Crippen molar-refractivity contribution in [3.63, 3.8) is 0 Å². The molecular formula is C46H51BCl2N2. The molecule has 0 amide bonds. The number of anilines is 6. The summed E-state index contributed by atoms with van der Waals surface area (Å²) in [6, 6.07) is 34.0. The number of hydrogen-bond donors (Lipinski definition) is 0. The molecule has 0 aliphatic carbocycles. The minimum absolute atomic E-state index is 0.0252. The lowest BCUT2D eigenvalue weighted by Crippen LogP contribution is -2.61. The van der Waals surface area contributed by atoms with Crippen molar-refractivity contribution in [2.75, 3.05) is 9.80 Å². The summed E-state index contributed by atoms with van der Waals surface area (Å²) in [7, 11) is 0. The van der Waals surface area contributed by atoms with Crippen LogP contribution in [0.3, 0.4) is 0 Å². The van der Waals surface area contributed by atoms with Crippen molar-refractivity contribution in [3.05, 3.63) is 123 Å². The summed E-state index contributed by atoms with van der Waals surface area (Å²) in [5, 5.41) is 1.46. The molecule has 51 heavy (non-hydrogen) atoms. The molecule has 5 aromatic rings. The lowest BCUT2D eigenvalue weighted by atomic mass is 9.33. The molecule has 0 saturated carbocycles. The van der Waals surface area contributed by atoms with Gasteiger partial charge in [0, 0.05) is 44.2 Å². The second-order valence-electron chi connectivity index (χ2n) is 18.8. The number of fused-ring (bicyclic) bond motifs is 4. The lowest BCUT2D eigenvalue weighted by molar-refractivity contribution is 0.568. The van der Waals surface area contributed by atoms with E-state index in [1.807, 2.05) is 12.1 Å². The van der Waals surface area contributed by atoms with Crippen molar-refractivity contribution in [2.24, 2.45) is 0 Å². The molecule has 0 aromatic heterocycles. The van der Waals surface area contributed by atoms with E-state index in [1.54, 1.807) is 0 Å². The first kappa shape index (κ1) is 35.7. The van der Waals surface area contributed by atoms with E-state index in [4.69, 9.17) is 23.2 Å². The van der Waals surface area contributed by atoms with Crippen molar-refractivity contribution >= 4 is 80.4 Å². The molecule has 0 spiro atoms. The standard InChI is InChI=1S/C46H51BCl2N2/c1-43(2,3)28-20-29(44(4,5)6)23-34(22-28)50-38-18-16-32(48)26-36(38)47-37-27-33(49)17-19-39(37)51(41-15-13-14-40(50)42(41)47)35-24-30(45(7,8)9)21-31(25-35)46(10,11)12/h13-27H,1-12H3. The summed E-state index contributed by atoms with van der Waals surface area (Å²) in [6.45, 7) is 27.6. The van der Waals surface area contributed by atoms with Gasteiger partial charge in [0.1, 0.15) is 0 Å². The maximum Gasteiger partial charge on any atom is 0.252 e. The third-order valence-corrected chi connectivity index (χ3v) is 11.2. The molecular weight excluding hydrogens is 662 g/mol. The zero-order chi connectivity index (χ0) is 37.0. The van der Waals surface area contributed by atoms with Crippen molar-refractivity contribution in [3.8, 4) is 0 Å². The molecule has 0 radical (unpaired) electrons. The average molecular weight is 714 g/mol. The maximum absolute atomic E-state index is 6.90. The van der Waals surface area contributed by atoms with E-state index in [0.29, 0.717) is 0 Å². The largest absolute Gasteiger partial charge is 0.311 e. The summed E-state index contributed by atoms with van der Waals surface area (Å²) in [5.41, 5.74) is 15.8. The predicted molar refractivity (Wildman–Crippen MR) is 225 cm³/mol. The van der Waals surface area contributed by atoms with E-state index in [1.165, 1.54) is 50.0 Å². The first-order chi connectivity index (χ1) is 23.6. The first-order valence-electron chi connectivity index (χ1n) is 18.3. The molecule has 5 aromatic carbocycles. The highest BCUT2D eigenvalue weighted by Crippen LogP contribution is 2.47. The Kier molecular flexibility index (Phi) is 8.36. The monoisotopic (exact) mass is 712 g/mol. The first-order valence-corrected chi connectivity index (χ1v) is 19.0. The van der Waals surface area contributed by atoms with Gasteiger partial charge in [0.2, 0.25) is 0 Å². The summed E-state index contributed by atoms with van der Waals surface area (Å²) in [4.78, 5) is 4.96. The quantitative estimate of drug-likeness (QED) is 0.165. The third-order valence-electron chi connectivity index (χ3n) is 10.7. The molecule has 0 atom stereocenters. The van der Waals surface area contributed by atoms with E-state index < -0.39 is 0 Å². The van der Waals surface area contributed by atoms with Gasteiger partial charge in [-0.15, -0.1) is 0 Å². The van der Waals surface area contributed by atoms with Crippen molar-refractivity contribution in [1.82, 2.24) is 0 Å². The zero-order valence-electron chi connectivity index (χ0n) is 32.4. The Morgan fingerprint density at radius 2 is 0.745 bits per heavy atom. The Bertz CT molecular complexity index is 1970. The highest BCUT2D eigenvalue weighted by atomic mass is 35.5. The Morgan fingerprint density at radius 3 is 1.06 bits per heavy atom. The molecule has 2 aliphatic heterocycles. The van der Waals surface area contributed by atoms with Gasteiger partial charge in [-0.1, -0.05) is 124 Å². The molecule has 2 nitrogen and oxygen atoms in total. The molecule has 0 saturated heterocycles. The third kappa shape index (κ3) is 6.29. The molecule has 7 rings (SSSR count). The Labute approximate surface area is 316 Å². The van der Waals surface area contributed by atoms with Gasteiger partial charge < -0.3 is 9.80 Å². The van der Waals surface area contributed by atoms with Crippen molar-refractivity contribution in [1.29, 1.82) is 0 Å². The van der Waals surface area contributed by atoms with E-state index in [0.717, 1.165) is 32.8 Å². The Morgan fingerprint density at radius 1 is 0.412 bits per heavy atom. The highest BCUT2D eigenvalue weighted by Gasteiger charge is 2.44. The van der Waals surface area contributed by atoms with Crippen LogP contribution in [0.25, 0.3) is 0 Å². The second-order valence-corrected chi connectivity index (χ2v) is 19.6. The molecule has 5 heteroatoms. The molecule has 0 bridgehead atoms. The van der Waals surface area contributed by atoms with Crippen LogP contribution in [-0.4, -0.2) is 6.71 Å². The normalized spacial score (nSPS) is 14.4. The number of benzene rings is 5. The van der Waals surface area contributed by atoms with Crippen LogP contribution in [0.4, 0.5) is 34.1 Å². The average Bonchev–Trinajstić information content (AvgIpc) is 3.02. The molecule has 2 aliphatic rings. The van der Waals surface area contributed by atoms with Gasteiger partial charge in [0.25, 0.3) is 6.71 Å². The van der Waals surface area contributed by atoms with Crippen molar-refractivity contribution < 1.29 is 0 Å². The van der Waals surface area contributed by atoms with Crippen LogP contribution in [-0.2, 0) is 21.7 Å². The van der Waals surface area contributed by atoms with Crippen LogP contribution >= 0.6 is 23.2 Å². The topological polar surface area (TPSA) is 6.48 Å². The van der Waals surface area contributed by atoms with E-state index in [-0.39, 0.29) is 28.4 Å². The number of hydrogen-bond acceptors (Lipinski definition) is 2. The summed E-state index contributed by atoms with van der Waals surface area (Å²) < 4.78 is 0. The number of nitrogens with zero attached hydrogens (tertiary/aromatic N) is 2. The number of halogens is 2. The fourth-order valence-corrected chi connectivity index (χ4v) is 8.02. The minimum Gasteiger partial charge on any atom is -0.311 e. The van der Waals surface area contributed by atoms with Gasteiger partial charge in [-0.3, -0.25) is 0 Å². The molecule has 0 N–H and O–H groups in total. The fourth-order valence-electron chi connectivity index (χ4n) is 7.65. The fraction of sp³-hybridized carbons (Fsp3) is 0.348. The maximum atomic E-state index is 6.90. The van der Waals surface area contributed by atoms with E-state index >= 15 is 0 Å². The van der Waals surface area contributed by atoms with Gasteiger partial charge in [0.05, 0.1) is 0 Å².